The van der Waals surface area contributed by atoms with E-state index in [0.29, 0.717) is 5.56 Å². The van der Waals surface area contributed by atoms with Crippen LogP contribution in [0, 0.1) is 0 Å². The van der Waals surface area contributed by atoms with Gasteiger partial charge in [-0.1, -0.05) is 30.3 Å². The fourth-order valence-electron chi connectivity index (χ4n) is 3.86. The summed E-state index contributed by atoms with van der Waals surface area (Å²) in [5, 5.41) is 10.1. The Morgan fingerprint density at radius 3 is 2.69 bits per heavy atom. The van der Waals surface area contributed by atoms with E-state index in [9.17, 15) is 4.79 Å². The van der Waals surface area contributed by atoms with Gasteiger partial charge in [0.25, 0.3) is 5.91 Å². The highest BCUT2D eigenvalue weighted by Crippen LogP contribution is 2.32. The second-order valence-corrected chi connectivity index (χ2v) is 8.11. The summed E-state index contributed by atoms with van der Waals surface area (Å²) < 4.78 is 2.11. The van der Waals surface area contributed by atoms with E-state index in [1.807, 2.05) is 42.6 Å². The molecule has 4 nitrogen and oxygen atoms in total. The SMILES string of the molecule is CC(C)(C)n1ncc2c1CCCC2NC(=O)c1ccc2ccccc2c1. The molecule has 1 aliphatic carbocycles. The van der Waals surface area contributed by atoms with Gasteiger partial charge in [-0.05, 0) is 62.9 Å². The lowest BCUT2D eigenvalue weighted by Crippen LogP contribution is -2.32. The fourth-order valence-corrected chi connectivity index (χ4v) is 3.86. The Morgan fingerprint density at radius 2 is 1.92 bits per heavy atom. The first-order chi connectivity index (χ1) is 12.4. The van der Waals surface area contributed by atoms with Crippen LogP contribution < -0.4 is 5.32 Å². The van der Waals surface area contributed by atoms with Crippen molar-refractivity contribution in [3.8, 4) is 0 Å². The Hall–Kier alpha value is -2.62. The number of carbonyl (C=O) groups excluding carboxylic acids is 1. The number of aromatic nitrogens is 2. The molecule has 0 spiro atoms. The van der Waals surface area contributed by atoms with Crippen molar-refractivity contribution in [2.75, 3.05) is 0 Å². The van der Waals surface area contributed by atoms with Crippen LogP contribution in [0.25, 0.3) is 10.8 Å². The van der Waals surface area contributed by atoms with Crippen molar-refractivity contribution in [3.63, 3.8) is 0 Å². The zero-order chi connectivity index (χ0) is 18.3. The Labute approximate surface area is 154 Å². The van der Waals surface area contributed by atoms with E-state index in [2.05, 4.69) is 41.9 Å². The molecular formula is C22H25N3O. The molecule has 0 radical (unpaired) electrons. The average molecular weight is 347 g/mol. The Morgan fingerprint density at radius 1 is 1.15 bits per heavy atom. The van der Waals surface area contributed by atoms with Gasteiger partial charge in [0.05, 0.1) is 17.8 Å². The molecule has 2 aromatic carbocycles. The smallest absolute Gasteiger partial charge is 0.251 e. The van der Waals surface area contributed by atoms with E-state index < -0.39 is 0 Å². The van der Waals surface area contributed by atoms with E-state index in [1.165, 1.54) is 11.3 Å². The van der Waals surface area contributed by atoms with E-state index in [0.717, 1.165) is 30.0 Å². The summed E-state index contributed by atoms with van der Waals surface area (Å²) >= 11 is 0. The van der Waals surface area contributed by atoms with Crippen LogP contribution in [0.1, 0.15) is 61.3 Å². The van der Waals surface area contributed by atoms with Crippen LogP contribution in [0.5, 0.6) is 0 Å². The molecule has 26 heavy (non-hydrogen) atoms. The molecule has 1 aliphatic rings. The van der Waals surface area contributed by atoms with Crippen molar-refractivity contribution in [1.82, 2.24) is 15.1 Å². The van der Waals surface area contributed by atoms with E-state index >= 15 is 0 Å². The standard InChI is InChI=1S/C22H25N3O/c1-22(2,3)25-20-10-6-9-19(18(20)14-23-25)24-21(26)17-12-11-15-7-4-5-8-16(15)13-17/h4-5,7-8,11-14,19H,6,9-10H2,1-3H3,(H,24,26). The van der Waals surface area contributed by atoms with Gasteiger partial charge in [0.1, 0.15) is 0 Å². The van der Waals surface area contributed by atoms with Gasteiger partial charge in [-0.15, -0.1) is 0 Å². The van der Waals surface area contributed by atoms with Gasteiger partial charge in [0, 0.05) is 16.8 Å². The third-order valence-electron chi connectivity index (χ3n) is 5.14. The molecule has 0 bridgehead atoms. The molecule has 1 atom stereocenters. The molecule has 1 aromatic heterocycles. The largest absolute Gasteiger partial charge is 0.345 e. The van der Waals surface area contributed by atoms with Gasteiger partial charge < -0.3 is 5.32 Å². The second kappa shape index (κ2) is 6.27. The molecule has 3 aromatic rings. The third-order valence-corrected chi connectivity index (χ3v) is 5.14. The molecule has 0 saturated heterocycles. The Balaban J connectivity index is 1.60. The Kier molecular flexibility index (Phi) is 4.06. The highest BCUT2D eigenvalue weighted by Gasteiger charge is 2.29. The van der Waals surface area contributed by atoms with Crippen molar-refractivity contribution in [2.45, 2.75) is 51.6 Å². The lowest BCUT2D eigenvalue weighted by atomic mass is 9.92. The summed E-state index contributed by atoms with van der Waals surface area (Å²) in [5.74, 6) is -0.0166. The predicted octanol–water partition coefficient (Wildman–Crippen LogP) is 4.60. The van der Waals surface area contributed by atoms with Crippen molar-refractivity contribution >= 4 is 16.7 Å². The van der Waals surface area contributed by atoms with E-state index in [4.69, 9.17) is 0 Å². The van der Waals surface area contributed by atoms with Gasteiger partial charge >= 0.3 is 0 Å². The minimum absolute atomic E-state index is 0.0166. The summed E-state index contributed by atoms with van der Waals surface area (Å²) in [6.07, 6.45) is 4.99. The van der Waals surface area contributed by atoms with Crippen LogP contribution in [0.3, 0.4) is 0 Å². The summed E-state index contributed by atoms with van der Waals surface area (Å²) in [6, 6.07) is 14.0. The van der Waals surface area contributed by atoms with Crippen LogP contribution in [0.15, 0.2) is 48.7 Å². The van der Waals surface area contributed by atoms with Gasteiger partial charge in [0.2, 0.25) is 0 Å². The predicted molar refractivity (Wildman–Crippen MR) is 104 cm³/mol. The maximum absolute atomic E-state index is 12.8. The van der Waals surface area contributed by atoms with Crippen molar-refractivity contribution < 1.29 is 4.79 Å². The van der Waals surface area contributed by atoms with Gasteiger partial charge in [-0.2, -0.15) is 5.10 Å². The number of benzene rings is 2. The monoisotopic (exact) mass is 347 g/mol. The normalized spacial score (nSPS) is 17.1. The van der Waals surface area contributed by atoms with Crippen LogP contribution in [-0.2, 0) is 12.0 Å². The molecule has 0 saturated carbocycles. The van der Waals surface area contributed by atoms with Crippen molar-refractivity contribution in [3.05, 3.63) is 65.5 Å². The zero-order valence-electron chi connectivity index (χ0n) is 15.6. The summed E-state index contributed by atoms with van der Waals surface area (Å²) in [4.78, 5) is 12.8. The number of amides is 1. The number of hydrogen-bond donors (Lipinski definition) is 1. The molecule has 1 amide bonds. The molecule has 4 rings (SSSR count). The highest BCUT2D eigenvalue weighted by molar-refractivity contribution is 5.98. The van der Waals surface area contributed by atoms with Gasteiger partial charge in [-0.3, -0.25) is 9.48 Å². The molecular weight excluding hydrogens is 322 g/mol. The van der Waals surface area contributed by atoms with E-state index in [-0.39, 0.29) is 17.5 Å². The van der Waals surface area contributed by atoms with Crippen LogP contribution in [-0.4, -0.2) is 15.7 Å². The van der Waals surface area contributed by atoms with Crippen molar-refractivity contribution in [2.24, 2.45) is 0 Å². The van der Waals surface area contributed by atoms with Crippen LogP contribution >= 0.6 is 0 Å². The molecule has 134 valence electrons. The summed E-state index contributed by atoms with van der Waals surface area (Å²) in [5.41, 5.74) is 3.09. The topological polar surface area (TPSA) is 46.9 Å². The zero-order valence-corrected chi connectivity index (χ0v) is 15.6. The molecule has 1 heterocycles. The Bertz CT molecular complexity index is 965. The molecule has 4 heteroatoms. The van der Waals surface area contributed by atoms with Crippen LogP contribution in [0.2, 0.25) is 0 Å². The number of carbonyl (C=O) groups is 1. The lowest BCUT2D eigenvalue weighted by molar-refractivity contribution is 0.0932. The lowest BCUT2D eigenvalue weighted by Gasteiger charge is -2.28. The molecule has 1 unspecified atom stereocenters. The fraction of sp³-hybridized carbons (Fsp3) is 0.364. The number of nitrogens with one attached hydrogen (secondary N) is 1. The summed E-state index contributed by atoms with van der Waals surface area (Å²) in [7, 11) is 0. The van der Waals surface area contributed by atoms with E-state index in [1.54, 1.807) is 0 Å². The molecule has 1 N–H and O–H groups in total. The summed E-state index contributed by atoms with van der Waals surface area (Å²) in [6.45, 7) is 6.49. The minimum Gasteiger partial charge on any atom is -0.345 e. The molecule has 0 aliphatic heterocycles. The first-order valence-electron chi connectivity index (χ1n) is 9.30. The molecule has 0 fully saturated rings. The first kappa shape index (κ1) is 16.8. The highest BCUT2D eigenvalue weighted by atomic mass is 16.1. The quantitative estimate of drug-likeness (QED) is 0.736. The maximum Gasteiger partial charge on any atom is 0.251 e. The van der Waals surface area contributed by atoms with Crippen LogP contribution in [0.4, 0.5) is 0 Å². The number of rotatable bonds is 2. The third kappa shape index (κ3) is 3.00. The van der Waals surface area contributed by atoms with Gasteiger partial charge in [0.15, 0.2) is 0 Å². The van der Waals surface area contributed by atoms with Crippen molar-refractivity contribution in [1.29, 1.82) is 0 Å². The second-order valence-electron chi connectivity index (χ2n) is 8.11. The minimum atomic E-state index is -0.0438. The number of nitrogens with zero attached hydrogens (tertiary/aromatic N) is 2. The number of fused-ring (bicyclic) bond motifs is 2. The van der Waals surface area contributed by atoms with Gasteiger partial charge in [-0.25, -0.2) is 0 Å². The first-order valence-corrected chi connectivity index (χ1v) is 9.30. The number of hydrogen-bond acceptors (Lipinski definition) is 2. The maximum atomic E-state index is 12.8. The average Bonchev–Trinajstić information content (AvgIpc) is 3.07.